The Hall–Kier alpha value is -4.26. The summed E-state index contributed by atoms with van der Waals surface area (Å²) in [5, 5.41) is 8.15. The Morgan fingerprint density at radius 1 is 0.912 bits per heavy atom. The normalized spacial score (nSPS) is 10.8. The van der Waals surface area contributed by atoms with Gasteiger partial charge < -0.3 is 10.2 Å². The van der Waals surface area contributed by atoms with Gasteiger partial charge >= 0.3 is 0 Å². The summed E-state index contributed by atoms with van der Waals surface area (Å²) in [6.45, 7) is 5.72. The fourth-order valence-electron chi connectivity index (χ4n) is 4.12. The van der Waals surface area contributed by atoms with Crippen molar-refractivity contribution in [3.8, 4) is 5.69 Å². The van der Waals surface area contributed by atoms with Crippen LogP contribution in [0, 0.1) is 20.8 Å². The highest BCUT2D eigenvalue weighted by Crippen LogP contribution is 2.22. The van der Waals surface area contributed by atoms with E-state index in [-0.39, 0.29) is 23.7 Å². The number of nitrogens with zero attached hydrogens (tertiary/aromatic N) is 3. The number of carbonyl (C=O) groups is 2. The zero-order valence-corrected chi connectivity index (χ0v) is 19.6. The average molecular weight is 455 g/mol. The smallest absolute Gasteiger partial charge is 0.279 e. The first kappa shape index (κ1) is 22.9. The second kappa shape index (κ2) is 9.31. The number of anilines is 1. The van der Waals surface area contributed by atoms with Gasteiger partial charge in [0.2, 0.25) is 5.91 Å². The maximum Gasteiger partial charge on any atom is 0.279 e. The molecule has 0 aliphatic heterocycles. The number of aromatic nitrogens is 2. The van der Waals surface area contributed by atoms with E-state index in [1.807, 2.05) is 39.0 Å². The maximum atomic E-state index is 13.4. The van der Waals surface area contributed by atoms with Gasteiger partial charge in [0.15, 0.2) is 5.69 Å². The minimum atomic E-state index is -0.451. The van der Waals surface area contributed by atoms with E-state index in [4.69, 9.17) is 0 Å². The highest BCUT2D eigenvalue weighted by molar-refractivity contribution is 6.06. The van der Waals surface area contributed by atoms with Gasteiger partial charge in [-0.15, -0.1) is 0 Å². The molecule has 4 rings (SSSR count). The molecule has 0 atom stereocenters. The Balaban J connectivity index is 1.65. The van der Waals surface area contributed by atoms with E-state index in [1.165, 1.54) is 9.58 Å². The number of nitrogens with one attached hydrogen (secondary N) is 1. The lowest BCUT2D eigenvalue weighted by molar-refractivity contribution is -0.116. The van der Waals surface area contributed by atoms with Crippen LogP contribution >= 0.6 is 0 Å². The Morgan fingerprint density at radius 3 is 2.15 bits per heavy atom. The van der Waals surface area contributed by atoms with Gasteiger partial charge in [-0.25, -0.2) is 0 Å². The zero-order chi connectivity index (χ0) is 24.4. The molecular formula is C27H26N4O3. The van der Waals surface area contributed by atoms with Crippen molar-refractivity contribution in [2.24, 2.45) is 0 Å². The lowest BCUT2D eigenvalue weighted by Crippen LogP contribution is -2.37. The summed E-state index contributed by atoms with van der Waals surface area (Å²) < 4.78 is 1.22. The van der Waals surface area contributed by atoms with Crippen LogP contribution in [0.1, 0.15) is 27.2 Å². The molecule has 0 saturated heterocycles. The predicted molar refractivity (Wildman–Crippen MR) is 134 cm³/mol. The third-order valence-corrected chi connectivity index (χ3v) is 5.68. The minimum Gasteiger partial charge on any atom is -0.331 e. The average Bonchev–Trinajstić information content (AvgIpc) is 2.82. The summed E-state index contributed by atoms with van der Waals surface area (Å²) in [6, 6.07) is 19.8. The lowest BCUT2D eigenvalue weighted by atomic mass is 10.1. The number of rotatable bonds is 5. The van der Waals surface area contributed by atoms with Gasteiger partial charge in [-0.1, -0.05) is 54.1 Å². The fraction of sp³-hybridized carbons (Fsp3) is 0.185. The molecule has 2 amide bonds. The number of aryl methyl sites for hydroxylation is 3. The molecule has 7 nitrogen and oxygen atoms in total. The Morgan fingerprint density at radius 2 is 1.50 bits per heavy atom. The molecule has 1 heterocycles. The molecule has 1 aromatic heterocycles. The molecule has 4 aromatic rings. The summed E-state index contributed by atoms with van der Waals surface area (Å²) >= 11 is 0. The van der Waals surface area contributed by atoms with Crippen molar-refractivity contribution in [2.75, 3.05) is 18.9 Å². The second-order valence-corrected chi connectivity index (χ2v) is 8.43. The number of amides is 2. The van der Waals surface area contributed by atoms with Gasteiger partial charge in [0.25, 0.3) is 11.5 Å². The largest absolute Gasteiger partial charge is 0.331 e. The number of para-hydroxylation sites is 1. The van der Waals surface area contributed by atoms with Crippen LogP contribution in [0.2, 0.25) is 0 Å². The van der Waals surface area contributed by atoms with Crippen molar-refractivity contribution in [3.63, 3.8) is 0 Å². The molecule has 34 heavy (non-hydrogen) atoms. The topological polar surface area (TPSA) is 84.3 Å². The molecular weight excluding hydrogens is 428 g/mol. The molecule has 0 aliphatic carbocycles. The quantitative estimate of drug-likeness (QED) is 0.494. The summed E-state index contributed by atoms with van der Waals surface area (Å²) in [7, 11) is 1.55. The molecule has 3 aromatic carbocycles. The summed E-state index contributed by atoms with van der Waals surface area (Å²) in [5.41, 5.74) is 4.13. The van der Waals surface area contributed by atoms with E-state index in [1.54, 1.807) is 55.6 Å². The molecule has 0 saturated carbocycles. The Labute approximate surface area is 197 Å². The Kier molecular flexibility index (Phi) is 6.27. The summed E-state index contributed by atoms with van der Waals surface area (Å²) in [5.74, 6) is -0.764. The van der Waals surface area contributed by atoms with Gasteiger partial charge in [0.05, 0.1) is 17.6 Å². The van der Waals surface area contributed by atoms with Crippen molar-refractivity contribution >= 4 is 28.3 Å². The van der Waals surface area contributed by atoms with Crippen molar-refractivity contribution in [1.29, 1.82) is 0 Å². The SMILES string of the molecule is Cc1cc(C)c(NC(=O)CN(C)C(=O)c2nn(-c3ccccc3)c(=O)c3ccccc23)c(C)c1. The highest BCUT2D eigenvalue weighted by atomic mass is 16.2. The molecule has 0 fully saturated rings. The second-order valence-electron chi connectivity index (χ2n) is 8.43. The van der Waals surface area contributed by atoms with E-state index in [9.17, 15) is 14.4 Å². The van der Waals surface area contributed by atoms with Crippen LogP contribution in [0.15, 0.2) is 71.5 Å². The molecule has 0 aliphatic rings. The number of likely N-dealkylation sites (N-methyl/N-ethyl adjacent to an activating group) is 1. The third-order valence-electron chi connectivity index (χ3n) is 5.68. The molecule has 1 N–H and O–H groups in total. The van der Waals surface area contributed by atoms with Crippen molar-refractivity contribution in [2.45, 2.75) is 20.8 Å². The standard InChI is InChI=1S/C27H26N4O3/c1-17-14-18(2)24(19(3)15-17)28-23(32)16-30(4)27(34)25-21-12-8-9-13-22(21)26(33)31(29-25)20-10-6-5-7-11-20/h5-15H,16H2,1-4H3,(H,28,32). The fourth-order valence-corrected chi connectivity index (χ4v) is 4.12. The van der Waals surface area contributed by atoms with E-state index < -0.39 is 5.91 Å². The monoisotopic (exact) mass is 454 g/mol. The summed E-state index contributed by atoms with van der Waals surface area (Å²) in [6.07, 6.45) is 0. The Bertz CT molecular complexity index is 1440. The van der Waals surface area contributed by atoms with Crippen LogP contribution in [0.25, 0.3) is 16.5 Å². The van der Waals surface area contributed by atoms with Crippen LogP contribution in [-0.2, 0) is 4.79 Å². The highest BCUT2D eigenvalue weighted by Gasteiger charge is 2.22. The van der Waals surface area contributed by atoms with E-state index in [2.05, 4.69) is 10.4 Å². The van der Waals surface area contributed by atoms with Gasteiger partial charge in [0, 0.05) is 18.1 Å². The van der Waals surface area contributed by atoms with E-state index in [0.29, 0.717) is 16.5 Å². The minimum absolute atomic E-state index is 0.108. The number of hydrogen-bond acceptors (Lipinski definition) is 4. The number of fused-ring (bicyclic) bond motifs is 1. The van der Waals surface area contributed by atoms with E-state index >= 15 is 0 Å². The first-order valence-corrected chi connectivity index (χ1v) is 11.0. The van der Waals surface area contributed by atoms with Crippen LogP contribution < -0.4 is 10.9 Å². The number of benzene rings is 3. The van der Waals surface area contributed by atoms with Gasteiger partial charge in [-0.2, -0.15) is 9.78 Å². The van der Waals surface area contributed by atoms with E-state index in [0.717, 1.165) is 22.4 Å². The predicted octanol–water partition coefficient (Wildman–Crippen LogP) is 4.02. The van der Waals surface area contributed by atoms with Gasteiger partial charge in [0.1, 0.15) is 0 Å². The first-order chi connectivity index (χ1) is 16.3. The van der Waals surface area contributed by atoms with Gasteiger partial charge in [-0.05, 0) is 50.1 Å². The van der Waals surface area contributed by atoms with Crippen LogP contribution in [0.4, 0.5) is 5.69 Å². The molecule has 0 unspecified atom stereocenters. The summed E-state index contributed by atoms with van der Waals surface area (Å²) in [4.78, 5) is 40.5. The zero-order valence-electron chi connectivity index (χ0n) is 19.6. The molecule has 0 spiro atoms. The van der Waals surface area contributed by atoms with Crippen LogP contribution in [0.5, 0.6) is 0 Å². The maximum absolute atomic E-state index is 13.4. The molecule has 0 bridgehead atoms. The molecule has 0 radical (unpaired) electrons. The molecule has 7 heteroatoms. The number of carbonyl (C=O) groups excluding carboxylic acids is 2. The van der Waals surface area contributed by atoms with Crippen molar-refractivity contribution < 1.29 is 9.59 Å². The van der Waals surface area contributed by atoms with Crippen LogP contribution in [0.3, 0.4) is 0 Å². The number of hydrogen-bond donors (Lipinski definition) is 1. The third kappa shape index (κ3) is 4.45. The first-order valence-electron chi connectivity index (χ1n) is 11.0. The lowest BCUT2D eigenvalue weighted by Gasteiger charge is -2.19. The van der Waals surface area contributed by atoms with Gasteiger partial charge in [-0.3, -0.25) is 14.4 Å². The van der Waals surface area contributed by atoms with Crippen LogP contribution in [-0.4, -0.2) is 40.1 Å². The van der Waals surface area contributed by atoms with Crippen molar-refractivity contribution in [1.82, 2.24) is 14.7 Å². The van der Waals surface area contributed by atoms with Crippen molar-refractivity contribution in [3.05, 3.63) is 99.5 Å². The molecule has 172 valence electrons.